The molecule has 0 bridgehead atoms. The predicted molar refractivity (Wildman–Crippen MR) is 139 cm³/mol. The number of carbonyl (C=O) groups is 2. The fourth-order valence-electron chi connectivity index (χ4n) is 5.80. The molecule has 1 aromatic heterocycles. The van der Waals surface area contributed by atoms with Gasteiger partial charge in [-0.1, -0.05) is 46.3 Å². The van der Waals surface area contributed by atoms with E-state index < -0.39 is 35.6 Å². The molecule has 8 atom stereocenters. The highest BCUT2D eigenvalue weighted by molar-refractivity contribution is 7.09. The smallest absolute Gasteiger partial charge is 0.308 e. The molecule has 200 valence electrons. The van der Waals surface area contributed by atoms with Crippen LogP contribution < -0.4 is 9.88 Å². The molecule has 0 saturated carbocycles. The Balaban J connectivity index is 1.59. The topological polar surface area (TPSA) is 109 Å². The van der Waals surface area contributed by atoms with Gasteiger partial charge in [0.25, 0.3) is 0 Å². The SMILES string of the molecule is Cc1nc2c(s1)=CCC([C@@H]1C[C@@H]3O[C@]3(C)CCC[C@H](C)[C@H](O)[C@@H](C)C(=O)C(C)(C)[C@@H](O)CC(=O)O1)C=2. The Morgan fingerprint density at radius 3 is 2.61 bits per heavy atom. The summed E-state index contributed by atoms with van der Waals surface area (Å²) in [5, 5.41) is 23.7. The van der Waals surface area contributed by atoms with Crippen molar-refractivity contribution in [3.8, 4) is 0 Å². The third-order valence-corrected chi connectivity index (χ3v) is 9.63. The van der Waals surface area contributed by atoms with Crippen molar-refractivity contribution in [1.82, 2.24) is 4.98 Å². The minimum absolute atomic E-state index is 0.0164. The van der Waals surface area contributed by atoms with Crippen LogP contribution in [0, 0.1) is 30.1 Å². The van der Waals surface area contributed by atoms with Crippen LogP contribution in [-0.2, 0) is 19.1 Å². The lowest BCUT2D eigenvalue weighted by Crippen LogP contribution is -2.46. The molecule has 7 nitrogen and oxygen atoms in total. The van der Waals surface area contributed by atoms with Gasteiger partial charge in [-0.25, -0.2) is 4.98 Å². The van der Waals surface area contributed by atoms with Crippen LogP contribution in [0.15, 0.2) is 0 Å². The molecular formula is C28H41NO6S. The summed E-state index contributed by atoms with van der Waals surface area (Å²) in [4.78, 5) is 31.0. The summed E-state index contributed by atoms with van der Waals surface area (Å²) in [6.07, 6.45) is 5.34. The number of nitrogens with zero attached hydrogens (tertiary/aromatic N) is 1. The average molecular weight is 520 g/mol. The number of aromatic nitrogens is 1. The summed E-state index contributed by atoms with van der Waals surface area (Å²) >= 11 is 1.66. The number of epoxide rings is 1. The number of aryl methyl sites for hydroxylation is 1. The lowest BCUT2D eigenvalue weighted by atomic mass is 9.73. The van der Waals surface area contributed by atoms with Crippen molar-refractivity contribution >= 4 is 35.2 Å². The van der Waals surface area contributed by atoms with E-state index in [2.05, 4.69) is 24.1 Å². The van der Waals surface area contributed by atoms with Gasteiger partial charge in [0.15, 0.2) is 0 Å². The highest BCUT2D eigenvalue weighted by Crippen LogP contribution is 2.45. The summed E-state index contributed by atoms with van der Waals surface area (Å²) in [6, 6.07) is 0. The number of aliphatic hydroxyl groups excluding tert-OH is 2. The quantitative estimate of drug-likeness (QED) is 0.434. The lowest BCUT2D eigenvalue weighted by Gasteiger charge is -2.34. The molecule has 1 aromatic rings. The largest absolute Gasteiger partial charge is 0.462 e. The van der Waals surface area contributed by atoms with Gasteiger partial charge in [0.05, 0.1) is 50.6 Å². The van der Waals surface area contributed by atoms with Gasteiger partial charge in [0.1, 0.15) is 11.9 Å². The van der Waals surface area contributed by atoms with Gasteiger partial charge in [0, 0.05) is 18.3 Å². The Labute approximate surface area is 217 Å². The van der Waals surface area contributed by atoms with Gasteiger partial charge in [-0.05, 0) is 39.0 Å². The molecule has 0 radical (unpaired) electrons. The molecule has 0 amide bonds. The number of ether oxygens (including phenoxy) is 2. The molecule has 2 fully saturated rings. The first-order chi connectivity index (χ1) is 16.8. The fraction of sp³-hybridized carbons (Fsp3) is 0.750. The Kier molecular flexibility index (Phi) is 7.83. The first kappa shape index (κ1) is 27.4. The van der Waals surface area contributed by atoms with Gasteiger partial charge >= 0.3 is 5.97 Å². The Hall–Kier alpha value is -1.61. The second-order valence-corrected chi connectivity index (χ2v) is 13.1. The average Bonchev–Trinajstić information content (AvgIpc) is 3.28. The van der Waals surface area contributed by atoms with Crippen molar-refractivity contribution < 1.29 is 29.3 Å². The normalized spacial score (nSPS) is 39.7. The number of cyclic esters (lactones) is 1. The molecule has 2 saturated heterocycles. The Morgan fingerprint density at radius 1 is 1.17 bits per heavy atom. The van der Waals surface area contributed by atoms with Crippen LogP contribution in [0.2, 0.25) is 0 Å². The van der Waals surface area contributed by atoms with E-state index in [1.54, 1.807) is 32.1 Å². The van der Waals surface area contributed by atoms with Crippen molar-refractivity contribution in [3.05, 3.63) is 14.9 Å². The summed E-state index contributed by atoms with van der Waals surface area (Å²) in [6.45, 7) is 11.0. The van der Waals surface area contributed by atoms with E-state index in [1.807, 2.05) is 13.8 Å². The monoisotopic (exact) mass is 519 g/mol. The number of thiazole rings is 1. The van der Waals surface area contributed by atoms with Gasteiger partial charge < -0.3 is 19.7 Å². The number of fused-ring (bicyclic) bond motifs is 2. The van der Waals surface area contributed by atoms with Crippen molar-refractivity contribution in [2.45, 2.75) is 110 Å². The fourth-order valence-corrected chi connectivity index (χ4v) is 6.66. The van der Waals surface area contributed by atoms with Crippen molar-refractivity contribution in [1.29, 1.82) is 0 Å². The van der Waals surface area contributed by atoms with Gasteiger partial charge in [-0.15, -0.1) is 11.3 Å². The number of Topliss-reactive ketones (excluding diaryl/α,β-unsaturated/α-hetero) is 1. The van der Waals surface area contributed by atoms with E-state index in [9.17, 15) is 19.8 Å². The molecule has 36 heavy (non-hydrogen) atoms. The minimum Gasteiger partial charge on any atom is -0.462 e. The van der Waals surface area contributed by atoms with E-state index >= 15 is 0 Å². The van der Waals surface area contributed by atoms with Crippen LogP contribution in [0.4, 0.5) is 0 Å². The van der Waals surface area contributed by atoms with Crippen molar-refractivity contribution in [2.24, 2.45) is 23.2 Å². The summed E-state index contributed by atoms with van der Waals surface area (Å²) in [5.41, 5.74) is -1.47. The molecule has 1 unspecified atom stereocenters. The second kappa shape index (κ2) is 10.3. The highest BCUT2D eigenvalue weighted by atomic mass is 32.1. The molecule has 3 heterocycles. The van der Waals surface area contributed by atoms with E-state index in [-0.39, 0.29) is 35.7 Å². The Bertz CT molecular complexity index is 1110. The first-order valence-corrected chi connectivity index (χ1v) is 14.1. The molecule has 0 aromatic carbocycles. The number of aliphatic hydroxyl groups is 2. The van der Waals surface area contributed by atoms with Crippen LogP contribution in [0.3, 0.4) is 0 Å². The maximum atomic E-state index is 13.3. The third-order valence-electron chi connectivity index (χ3n) is 8.65. The zero-order valence-electron chi connectivity index (χ0n) is 22.3. The van der Waals surface area contributed by atoms with E-state index in [0.717, 1.165) is 40.6 Å². The van der Waals surface area contributed by atoms with Crippen LogP contribution >= 0.6 is 11.3 Å². The number of ketones is 1. The standard InChI is InChI=1S/C28H41NO6S/c1-15-8-7-11-28(6)23(35-28)13-20(18-9-10-21-19(12-18)29-17(3)36-21)34-24(31)14-22(30)27(4,5)26(33)16(2)25(15)32/h10,12,15-16,18,20,22-23,25,30,32H,7-9,11,13-14H2,1-6H3/t15-,16+,18?,20-,22-,23-,25-,28+/m0/s1. The molecular weight excluding hydrogens is 478 g/mol. The lowest BCUT2D eigenvalue weighted by molar-refractivity contribution is -0.157. The molecule has 2 N–H and O–H groups in total. The summed E-state index contributed by atoms with van der Waals surface area (Å²) in [7, 11) is 0. The molecule has 2 aliphatic heterocycles. The highest BCUT2D eigenvalue weighted by Gasteiger charge is 2.53. The molecule has 0 spiro atoms. The van der Waals surface area contributed by atoms with E-state index in [4.69, 9.17) is 9.47 Å². The van der Waals surface area contributed by atoms with Crippen LogP contribution in [-0.4, -0.2) is 57.0 Å². The molecule has 1 aliphatic carbocycles. The number of hydrogen-bond donors (Lipinski definition) is 2. The summed E-state index contributed by atoms with van der Waals surface area (Å²) in [5.74, 6) is -1.52. The molecule has 8 heteroatoms. The van der Waals surface area contributed by atoms with E-state index in [0.29, 0.717) is 6.42 Å². The van der Waals surface area contributed by atoms with Crippen molar-refractivity contribution in [3.63, 3.8) is 0 Å². The third kappa shape index (κ3) is 5.62. The zero-order valence-corrected chi connectivity index (χ0v) is 23.1. The van der Waals surface area contributed by atoms with E-state index in [1.165, 1.54) is 0 Å². The van der Waals surface area contributed by atoms with Gasteiger partial charge in [-0.2, -0.15) is 0 Å². The number of hydrogen-bond acceptors (Lipinski definition) is 8. The van der Waals surface area contributed by atoms with Crippen LogP contribution in [0.5, 0.6) is 0 Å². The Morgan fingerprint density at radius 2 is 1.89 bits per heavy atom. The predicted octanol–water partition coefficient (Wildman–Crippen LogP) is 2.66. The minimum atomic E-state index is -1.21. The second-order valence-electron chi connectivity index (χ2n) is 11.9. The van der Waals surface area contributed by atoms with Crippen molar-refractivity contribution in [2.75, 3.05) is 0 Å². The number of rotatable bonds is 1. The van der Waals surface area contributed by atoms with Crippen LogP contribution in [0.25, 0.3) is 12.2 Å². The maximum Gasteiger partial charge on any atom is 0.308 e. The van der Waals surface area contributed by atoms with Gasteiger partial charge in [-0.3, -0.25) is 9.59 Å². The van der Waals surface area contributed by atoms with Crippen LogP contribution in [0.1, 0.15) is 78.2 Å². The molecule has 4 rings (SSSR count). The zero-order chi connectivity index (χ0) is 26.4. The van der Waals surface area contributed by atoms with Gasteiger partial charge in [0.2, 0.25) is 0 Å². The number of esters is 1. The molecule has 3 aliphatic rings. The number of carbonyl (C=O) groups excluding carboxylic acids is 2. The maximum absolute atomic E-state index is 13.3. The first-order valence-electron chi connectivity index (χ1n) is 13.2. The summed E-state index contributed by atoms with van der Waals surface area (Å²) < 4.78 is 13.3.